The maximum Gasteiger partial charge on any atom is 0.157 e. The van der Waals surface area contributed by atoms with E-state index in [1.807, 2.05) is 24.4 Å². The topological polar surface area (TPSA) is 92.4 Å². The van der Waals surface area contributed by atoms with Gasteiger partial charge in [-0.2, -0.15) is 0 Å². The molecule has 8 nitrogen and oxygen atoms in total. The standard InChI is InChI=1S/C17H25N7O/c1-25-12-4-7-20-16-15(18)17(22-13-21-16)24-10-8-23(9-11-24)14-5-2-3-6-19-14/h2-3,5-6,13H,4,7-12,18H2,1H3,(H,20,21,22). The Bertz CT molecular complexity index is 659. The van der Waals surface area contributed by atoms with Gasteiger partial charge in [0.05, 0.1) is 0 Å². The summed E-state index contributed by atoms with van der Waals surface area (Å²) < 4.78 is 5.05. The molecule has 2 aromatic heterocycles. The molecule has 3 N–H and O–H groups in total. The van der Waals surface area contributed by atoms with Gasteiger partial charge in [-0.25, -0.2) is 15.0 Å². The number of hydrogen-bond acceptors (Lipinski definition) is 8. The number of piperazine rings is 1. The third kappa shape index (κ3) is 4.27. The summed E-state index contributed by atoms with van der Waals surface area (Å²) in [5.41, 5.74) is 6.89. The fourth-order valence-corrected chi connectivity index (χ4v) is 2.89. The molecule has 1 fully saturated rings. The molecule has 0 bridgehead atoms. The SMILES string of the molecule is COCCCNc1ncnc(N2CCN(c3ccccn3)CC2)c1N. The monoisotopic (exact) mass is 343 g/mol. The van der Waals surface area contributed by atoms with Crippen molar-refractivity contribution in [3.05, 3.63) is 30.7 Å². The number of anilines is 4. The first-order valence-corrected chi connectivity index (χ1v) is 8.54. The van der Waals surface area contributed by atoms with Gasteiger partial charge < -0.3 is 25.6 Å². The zero-order chi connectivity index (χ0) is 17.5. The first-order chi connectivity index (χ1) is 12.3. The molecule has 0 aromatic carbocycles. The van der Waals surface area contributed by atoms with E-state index in [1.54, 1.807) is 13.4 Å². The molecule has 2 aromatic rings. The van der Waals surface area contributed by atoms with Crippen LogP contribution in [0.2, 0.25) is 0 Å². The minimum Gasteiger partial charge on any atom is -0.393 e. The molecule has 1 aliphatic heterocycles. The van der Waals surface area contributed by atoms with Gasteiger partial charge in [0, 0.05) is 52.6 Å². The van der Waals surface area contributed by atoms with Crippen LogP contribution in [0, 0.1) is 0 Å². The van der Waals surface area contributed by atoms with E-state index in [4.69, 9.17) is 10.5 Å². The number of nitrogens with two attached hydrogens (primary N) is 1. The average molecular weight is 343 g/mol. The number of pyridine rings is 1. The van der Waals surface area contributed by atoms with Gasteiger partial charge in [-0.05, 0) is 18.6 Å². The summed E-state index contributed by atoms with van der Waals surface area (Å²) in [6, 6.07) is 5.98. The van der Waals surface area contributed by atoms with Crippen LogP contribution in [-0.4, -0.2) is 61.4 Å². The molecule has 8 heteroatoms. The molecule has 0 spiro atoms. The van der Waals surface area contributed by atoms with Crippen molar-refractivity contribution in [3.8, 4) is 0 Å². The van der Waals surface area contributed by atoms with Crippen LogP contribution in [0.4, 0.5) is 23.1 Å². The molecule has 0 aliphatic carbocycles. The van der Waals surface area contributed by atoms with Crippen LogP contribution in [0.3, 0.4) is 0 Å². The third-order valence-electron chi connectivity index (χ3n) is 4.23. The Morgan fingerprint density at radius 1 is 1.12 bits per heavy atom. The van der Waals surface area contributed by atoms with Gasteiger partial charge in [-0.3, -0.25) is 0 Å². The number of methoxy groups -OCH3 is 1. The lowest BCUT2D eigenvalue weighted by atomic mass is 10.3. The number of ether oxygens (including phenoxy) is 1. The summed E-state index contributed by atoms with van der Waals surface area (Å²) in [4.78, 5) is 17.6. The molecule has 1 saturated heterocycles. The highest BCUT2D eigenvalue weighted by Crippen LogP contribution is 2.27. The molecule has 3 rings (SSSR count). The van der Waals surface area contributed by atoms with Gasteiger partial charge in [0.2, 0.25) is 0 Å². The largest absolute Gasteiger partial charge is 0.393 e. The highest BCUT2D eigenvalue weighted by molar-refractivity contribution is 5.75. The van der Waals surface area contributed by atoms with Gasteiger partial charge >= 0.3 is 0 Å². The molecule has 25 heavy (non-hydrogen) atoms. The van der Waals surface area contributed by atoms with Crippen molar-refractivity contribution in [3.63, 3.8) is 0 Å². The quantitative estimate of drug-likeness (QED) is 0.725. The van der Waals surface area contributed by atoms with Crippen molar-refractivity contribution >= 4 is 23.1 Å². The van der Waals surface area contributed by atoms with E-state index in [0.29, 0.717) is 18.1 Å². The van der Waals surface area contributed by atoms with E-state index < -0.39 is 0 Å². The highest BCUT2D eigenvalue weighted by Gasteiger charge is 2.21. The summed E-state index contributed by atoms with van der Waals surface area (Å²) in [7, 11) is 1.70. The van der Waals surface area contributed by atoms with Crippen molar-refractivity contribution < 1.29 is 4.74 Å². The Kier molecular flexibility index (Phi) is 5.84. The number of nitrogens with one attached hydrogen (secondary N) is 1. The van der Waals surface area contributed by atoms with E-state index in [-0.39, 0.29) is 0 Å². The molecule has 0 atom stereocenters. The summed E-state index contributed by atoms with van der Waals surface area (Å²) in [6.07, 6.45) is 4.29. The Hall–Kier alpha value is -2.61. The molecule has 134 valence electrons. The van der Waals surface area contributed by atoms with Crippen LogP contribution in [0.25, 0.3) is 0 Å². The van der Waals surface area contributed by atoms with Crippen LogP contribution < -0.4 is 20.9 Å². The van der Waals surface area contributed by atoms with Crippen molar-refractivity contribution in [1.29, 1.82) is 0 Å². The minimum atomic E-state index is 0.603. The van der Waals surface area contributed by atoms with Crippen molar-refractivity contribution in [2.45, 2.75) is 6.42 Å². The number of nitrogens with zero attached hydrogens (tertiary/aromatic N) is 5. The minimum absolute atomic E-state index is 0.603. The Balaban J connectivity index is 1.61. The molecular weight excluding hydrogens is 318 g/mol. The van der Waals surface area contributed by atoms with Crippen molar-refractivity contribution in [1.82, 2.24) is 15.0 Å². The lowest BCUT2D eigenvalue weighted by Crippen LogP contribution is -2.47. The lowest BCUT2D eigenvalue weighted by Gasteiger charge is -2.36. The second kappa shape index (κ2) is 8.48. The van der Waals surface area contributed by atoms with Gasteiger partial charge in [-0.15, -0.1) is 0 Å². The summed E-state index contributed by atoms with van der Waals surface area (Å²) in [6.45, 7) is 4.94. The Morgan fingerprint density at radius 2 is 1.92 bits per heavy atom. The predicted octanol–water partition coefficient (Wildman–Crippen LogP) is 1.23. The van der Waals surface area contributed by atoms with Gasteiger partial charge in [-0.1, -0.05) is 6.07 Å². The fraction of sp³-hybridized carbons (Fsp3) is 0.471. The molecular formula is C17H25N7O. The third-order valence-corrected chi connectivity index (χ3v) is 4.23. The second-order valence-electron chi connectivity index (χ2n) is 5.89. The molecule has 0 radical (unpaired) electrons. The van der Waals surface area contributed by atoms with E-state index in [1.165, 1.54) is 0 Å². The summed E-state index contributed by atoms with van der Waals surface area (Å²) in [5, 5.41) is 3.26. The molecule has 0 amide bonds. The second-order valence-corrected chi connectivity index (χ2v) is 5.89. The zero-order valence-electron chi connectivity index (χ0n) is 14.6. The molecule has 1 aliphatic rings. The smallest absolute Gasteiger partial charge is 0.157 e. The summed E-state index contributed by atoms with van der Waals surface area (Å²) >= 11 is 0. The molecule has 0 unspecified atom stereocenters. The first kappa shape index (κ1) is 17.2. The molecule has 0 saturated carbocycles. The maximum absolute atomic E-state index is 6.29. The number of nitrogen functional groups attached to an aromatic ring is 1. The first-order valence-electron chi connectivity index (χ1n) is 8.54. The predicted molar refractivity (Wildman–Crippen MR) is 100 cm³/mol. The molecule has 3 heterocycles. The van der Waals surface area contributed by atoms with Gasteiger partial charge in [0.25, 0.3) is 0 Å². The van der Waals surface area contributed by atoms with E-state index in [0.717, 1.165) is 50.8 Å². The number of rotatable bonds is 7. The van der Waals surface area contributed by atoms with Crippen LogP contribution >= 0.6 is 0 Å². The Labute approximate surface area is 148 Å². The van der Waals surface area contributed by atoms with Crippen LogP contribution in [0.15, 0.2) is 30.7 Å². The van der Waals surface area contributed by atoms with Crippen LogP contribution in [0.1, 0.15) is 6.42 Å². The van der Waals surface area contributed by atoms with E-state index in [9.17, 15) is 0 Å². The average Bonchev–Trinajstić information content (AvgIpc) is 2.67. The van der Waals surface area contributed by atoms with Crippen LogP contribution in [-0.2, 0) is 4.74 Å². The highest BCUT2D eigenvalue weighted by atomic mass is 16.5. The van der Waals surface area contributed by atoms with Crippen molar-refractivity contribution in [2.75, 3.05) is 67.3 Å². The normalized spacial score (nSPS) is 14.6. The zero-order valence-corrected chi connectivity index (χ0v) is 14.6. The van der Waals surface area contributed by atoms with Crippen LogP contribution in [0.5, 0.6) is 0 Å². The van der Waals surface area contributed by atoms with E-state index in [2.05, 4.69) is 30.1 Å². The van der Waals surface area contributed by atoms with E-state index >= 15 is 0 Å². The van der Waals surface area contributed by atoms with Gasteiger partial charge in [0.1, 0.15) is 17.8 Å². The van der Waals surface area contributed by atoms with Crippen molar-refractivity contribution in [2.24, 2.45) is 0 Å². The lowest BCUT2D eigenvalue weighted by molar-refractivity contribution is 0.198. The summed E-state index contributed by atoms with van der Waals surface area (Å²) in [5.74, 6) is 2.50. The number of aromatic nitrogens is 3. The van der Waals surface area contributed by atoms with Gasteiger partial charge in [0.15, 0.2) is 11.6 Å². The fourth-order valence-electron chi connectivity index (χ4n) is 2.89. The Morgan fingerprint density at radius 3 is 2.64 bits per heavy atom. The number of hydrogen-bond donors (Lipinski definition) is 2. The maximum atomic E-state index is 6.29.